The smallest absolute Gasteiger partial charge is 0.303 e. The minimum Gasteiger partial charge on any atom is -0.493 e. The van der Waals surface area contributed by atoms with Crippen molar-refractivity contribution in [2.75, 3.05) is 11.9 Å². The van der Waals surface area contributed by atoms with E-state index in [1.807, 2.05) is 24.3 Å². The normalized spacial score (nSPS) is 12.6. The fourth-order valence-corrected chi connectivity index (χ4v) is 3.32. The highest BCUT2D eigenvalue weighted by atomic mass is 79.9. The molecule has 0 radical (unpaired) electrons. The van der Waals surface area contributed by atoms with Crippen LogP contribution in [0, 0.1) is 0 Å². The van der Waals surface area contributed by atoms with E-state index < -0.39 is 5.97 Å². The maximum Gasteiger partial charge on any atom is 0.303 e. The van der Waals surface area contributed by atoms with Gasteiger partial charge in [0.25, 0.3) is 0 Å². The van der Waals surface area contributed by atoms with Crippen molar-refractivity contribution < 1.29 is 14.6 Å². The van der Waals surface area contributed by atoms with E-state index in [0.29, 0.717) is 13.0 Å². The molecule has 2 aromatic carbocycles. The molecule has 2 N–H and O–H groups in total. The Balaban J connectivity index is 1.69. The number of halogens is 1. The van der Waals surface area contributed by atoms with Gasteiger partial charge in [0.1, 0.15) is 5.75 Å². The SMILES string of the molecule is O=C(O)CCc1cccc(NCc2cc(Br)cc3c2OCC3)c1. The Labute approximate surface area is 143 Å². The maximum absolute atomic E-state index is 10.7. The number of aryl methyl sites for hydroxylation is 1. The van der Waals surface area contributed by atoms with Gasteiger partial charge in [0.2, 0.25) is 0 Å². The van der Waals surface area contributed by atoms with Crippen molar-refractivity contribution in [1.29, 1.82) is 0 Å². The Morgan fingerprint density at radius 3 is 3.00 bits per heavy atom. The second-order valence-electron chi connectivity index (χ2n) is 5.60. The molecular formula is C18H18BrNO3. The summed E-state index contributed by atoms with van der Waals surface area (Å²) in [5.74, 6) is 0.216. The maximum atomic E-state index is 10.7. The van der Waals surface area contributed by atoms with Gasteiger partial charge in [0.05, 0.1) is 6.61 Å². The summed E-state index contributed by atoms with van der Waals surface area (Å²) in [4.78, 5) is 10.7. The van der Waals surface area contributed by atoms with Gasteiger partial charge in [-0.15, -0.1) is 0 Å². The number of carboxylic acid groups (broad SMARTS) is 1. The highest BCUT2D eigenvalue weighted by molar-refractivity contribution is 9.10. The van der Waals surface area contributed by atoms with Crippen molar-refractivity contribution >= 4 is 27.6 Å². The van der Waals surface area contributed by atoms with Crippen LogP contribution < -0.4 is 10.1 Å². The molecule has 23 heavy (non-hydrogen) atoms. The van der Waals surface area contributed by atoms with E-state index in [-0.39, 0.29) is 6.42 Å². The molecule has 0 saturated carbocycles. The summed E-state index contributed by atoms with van der Waals surface area (Å²) in [7, 11) is 0. The van der Waals surface area contributed by atoms with Gasteiger partial charge in [-0.25, -0.2) is 0 Å². The number of aliphatic carboxylic acids is 1. The van der Waals surface area contributed by atoms with Crippen LogP contribution in [0.2, 0.25) is 0 Å². The average Bonchev–Trinajstić information content (AvgIpc) is 2.99. The standard InChI is InChI=1S/C18H18BrNO3/c19-15-9-13-6-7-23-18(13)14(10-15)11-20-16-3-1-2-12(8-16)4-5-17(21)22/h1-3,8-10,20H,4-7,11H2,(H,21,22). The van der Waals surface area contributed by atoms with E-state index in [0.717, 1.165) is 40.1 Å². The van der Waals surface area contributed by atoms with Crippen LogP contribution in [-0.4, -0.2) is 17.7 Å². The Kier molecular flexibility index (Phi) is 4.86. The van der Waals surface area contributed by atoms with Gasteiger partial charge in [-0.2, -0.15) is 0 Å². The molecule has 0 spiro atoms. The highest BCUT2D eigenvalue weighted by Gasteiger charge is 2.17. The van der Waals surface area contributed by atoms with Crippen molar-refractivity contribution in [2.45, 2.75) is 25.8 Å². The van der Waals surface area contributed by atoms with Crippen molar-refractivity contribution in [3.8, 4) is 5.75 Å². The molecule has 1 aliphatic heterocycles. The van der Waals surface area contributed by atoms with Crippen LogP contribution in [0.5, 0.6) is 5.75 Å². The molecule has 0 amide bonds. The molecular weight excluding hydrogens is 358 g/mol. The summed E-state index contributed by atoms with van der Waals surface area (Å²) in [6, 6.07) is 12.1. The summed E-state index contributed by atoms with van der Waals surface area (Å²) in [5, 5.41) is 12.2. The summed E-state index contributed by atoms with van der Waals surface area (Å²) < 4.78 is 6.80. The largest absolute Gasteiger partial charge is 0.493 e. The lowest BCUT2D eigenvalue weighted by Crippen LogP contribution is -2.03. The molecule has 3 rings (SSSR count). The summed E-state index contributed by atoms with van der Waals surface area (Å²) in [5.41, 5.74) is 4.38. The van der Waals surface area contributed by atoms with Gasteiger partial charge in [0.15, 0.2) is 0 Å². The molecule has 0 atom stereocenters. The zero-order valence-electron chi connectivity index (χ0n) is 12.6. The van der Waals surface area contributed by atoms with E-state index in [2.05, 4.69) is 33.4 Å². The molecule has 0 aromatic heterocycles. The van der Waals surface area contributed by atoms with Gasteiger partial charge >= 0.3 is 5.97 Å². The molecule has 0 fully saturated rings. The van der Waals surface area contributed by atoms with Gasteiger partial charge in [-0.05, 0) is 41.8 Å². The number of fused-ring (bicyclic) bond motifs is 1. The zero-order chi connectivity index (χ0) is 16.2. The quantitative estimate of drug-likeness (QED) is 0.800. The van der Waals surface area contributed by atoms with E-state index in [4.69, 9.17) is 9.84 Å². The molecule has 120 valence electrons. The van der Waals surface area contributed by atoms with Crippen LogP contribution in [-0.2, 0) is 24.2 Å². The second-order valence-corrected chi connectivity index (χ2v) is 6.51. The van der Waals surface area contributed by atoms with E-state index in [1.54, 1.807) is 0 Å². The molecule has 4 nitrogen and oxygen atoms in total. The third-order valence-electron chi connectivity index (χ3n) is 3.86. The van der Waals surface area contributed by atoms with E-state index in [9.17, 15) is 4.79 Å². The summed E-state index contributed by atoms with van der Waals surface area (Å²) in [6.45, 7) is 1.41. The number of nitrogens with one attached hydrogen (secondary N) is 1. The minimum atomic E-state index is -0.773. The monoisotopic (exact) mass is 375 g/mol. The fraction of sp³-hybridized carbons (Fsp3) is 0.278. The molecule has 0 saturated heterocycles. The van der Waals surface area contributed by atoms with Crippen molar-refractivity contribution in [3.63, 3.8) is 0 Å². The predicted octanol–water partition coefficient (Wildman–Crippen LogP) is 4.01. The van der Waals surface area contributed by atoms with Crippen molar-refractivity contribution in [3.05, 3.63) is 57.6 Å². The number of hydrogen-bond acceptors (Lipinski definition) is 3. The Morgan fingerprint density at radius 1 is 1.30 bits per heavy atom. The van der Waals surface area contributed by atoms with Crippen molar-refractivity contribution in [1.82, 2.24) is 0 Å². The van der Waals surface area contributed by atoms with Gasteiger partial charge in [-0.3, -0.25) is 4.79 Å². The topological polar surface area (TPSA) is 58.6 Å². The molecule has 0 aliphatic carbocycles. The fourth-order valence-electron chi connectivity index (χ4n) is 2.76. The third kappa shape index (κ3) is 4.05. The molecule has 1 aliphatic rings. The Morgan fingerprint density at radius 2 is 2.17 bits per heavy atom. The highest BCUT2D eigenvalue weighted by Crippen LogP contribution is 2.33. The lowest BCUT2D eigenvalue weighted by Gasteiger charge is -2.12. The lowest BCUT2D eigenvalue weighted by molar-refractivity contribution is -0.136. The number of hydrogen-bond donors (Lipinski definition) is 2. The lowest BCUT2D eigenvalue weighted by atomic mass is 10.1. The van der Waals surface area contributed by atoms with Crippen LogP contribution in [0.1, 0.15) is 23.1 Å². The Bertz CT molecular complexity index is 730. The first-order valence-corrected chi connectivity index (χ1v) is 8.40. The van der Waals surface area contributed by atoms with Crippen LogP contribution in [0.15, 0.2) is 40.9 Å². The van der Waals surface area contributed by atoms with Crippen molar-refractivity contribution in [2.24, 2.45) is 0 Å². The summed E-state index contributed by atoms with van der Waals surface area (Å²) in [6.07, 6.45) is 1.64. The molecule has 0 bridgehead atoms. The minimum absolute atomic E-state index is 0.149. The first-order chi connectivity index (χ1) is 11.1. The number of benzene rings is 2. The van der Waals surface area contributed by atoms with Gasteiger partial charge < -0.3 is 15.2 Å². The van der Waals surface area contributed by atoms with E-state index >= 15 is 0 Å². The Hall–Kier alpha value is -2.01. The van der Waals surface area contributed by atoms with Gasteiger partial charge in [0, 0.05) is 35.1 Å². The number of rotatable bonds is 6. The molecule has 1 heterocycles. The summed E-state index contributed by atoms with van der Waals surface area (Å²) >= 11 is 3.55. The van der Waals surface area contributed by atoms with Crippen LogP contribution >= 0.6 is 15.9 Å². The first kappa shape index (κ1) is 15.9. The second kappa shape index (κ2) is 7.04. The number of anilines is 1. The average molecular weight is 376 g/mol. The third-order valence-corrected chi connectivity index (χ3v) is 4.32. The molecule has 5 heteroatoms. The van der Waals surface area contributed by atoms with Gasteiger partial charge in [-0.1, -0.05) is 28.1 Å². The van der Waals surface area contributed by atoms with Crippen LogP contribution in [0.4, 0.5) is 5.69 Å². The van der Waals surface area contributed by atoms with Crippen LogP contribution in [0.25, 0.3) is 0 Å². The number of carboxylic acids is 1. The van der Waals surface area contributed by atoms with Crippen LogP contribution in [0.3, 0.4) is 0 Å². The predicted molar refractivity (Wildman–Crippen MR) is 93.1 cm³/mol. The van der Waals surface area contributed by atoms with E-state index in [1.165, 1.54) is 5.56 Å². The first-order valence-electron chi connectivity index (χ1n) is 7.60. The number of carbonyl (C=O) groups is 1. The number of ether oxygens (including phenoxy) is 1. The molecule has 2 aromatic rings. The molecule has 0 unspecified atom stereocenters. The zero-order valence-corrected chi connectivity index (χ0v) is 14.2.